The van der Waals surface area contributed by atoms with Crippen LogP contribution in [0.1, 0.15) is 47.2 Å². The largest absolute Gasteiger partial charge is 0.457 e. The average Bonchev–Trinajstić information content (AvgIpc) is 3.45. The fourth-order valence-electron chi connectivity index (χ4n) is 3.90. The fourth-order valence-corrected chi connectivity index (χ4v) is 4.58. The van der Waals surface area contributed by atoms with E-state index in [0.717, 1.165) is 33.1 Å². The summed E-state index contributed by atoms with van der Waals surface area (Å²) in [6.45, 7) is 5.16. The van der Waals surface area contributed by atoms with Crippen molar-refractivity contribution in [1.29, 1.82) is 0 Å². The number of hydrogen-bond acceptors (Lipinski definition) is 9. The molecule has 0 radical (unpaired) electrons. The Morgan fingerprint density at radius 1 is 0.923 bits per heavy atom. The first-order valence-electron chi connectivity index (χ1n) is 11.9. The van der Waals surface area contributed by atoms with Gasteiger partial charge in [0.2, 0.25) is 5.13 Å². The van der Waals surface area contributed by atoms with Crippen LogP contribution in [0.5, 0.6) is 11.5 Å². The zero-order valence-corrected chi connectivity index (χ0v) is 22.0. The van der Waals surface area contributed by atoms with E-state index >= 15 is 0 Å². The average molecular weight is 543 g/mol. The monoisotopic (exact) mass is 542 g/mol. The van der Waals surface area contributed by atoms with Gasteiger partial charge < -0.3 is 14.8 Å². The zero-order valence-electron chi connectivity index (χ0n) is 21.2. The molecule has 5 rings (SSSR count). The first kappa shape index (κ1) is 25.7. The molecule has 196 valence electrons. The van der Waals surface area contributed by atoms with E-state index < -0.39 is 30.3 Å². The van der Waals surface area contributed by atoms with Crippen LogP contribution in [0.25, 0.3) is 0 Å². The van der Waals surface area contributed by atoms with Gasteiger partial charge in [0.05, 0.1) is 16.7 Å². The standard InChI is InChI=1S/C28H22N4O6S/c1-15-5-4-6-23(16(15)2)38-20-10-8-19(9-11-20)29-24(33)14-37-27(36)18-7-12-21-22(13-18)26(35)32(25(21)34)28-31-30-17(3)39-28/h4-13H,14H2,1-3H3,(H,29,33). The van der Waals surface area contributed by atoms with E-state index in [1.165, 1.54) is 18.2 Å². The zero-order chi connectivity index (χ0) is 27.7. The maximum absolute atomic E-state index is 12.8. The van der Waals surface area contributed by atoms with Crippen LogP contribution in [-0.4, -0.2) is 40.5 Å². The van der Waals surface area contributed by atoms with E-state index in [4.69, 9.17) is 9.47 Å². The van der Waals surface area contributed by atoms with Gasteiger partial charge in [0.25, 0.3) is 17.7 Å². The molecule has 0 saturated carbocycles. The summed E-state index contributed by atoms with van der Waals surface area (Å²) in [6.07, 6.45) is 0. The van der Waals surface area contributed by atoms with Gasteiger partial charge in [-0.2, -0.15) is 0 Å². The number of nitrogens with one attached hydrogen (secondary N) is 1. The maximum atomic E-state index is 12.8. The lowest BCUT2D eigenvalue weighted by Crippen LogP contribution is -2.29. The normalized spacial score (nSPS) is 12.3. The number of esters is 1. The summed E-state index contributed by atoms with van der Waals surface area (Å²) in [5.41, 5.74) is 2.89. The number of amides is 3. The summed E-state index contributed by atoms with van der Waals surface area (Å²) in [7, 11) is 0. The van der Waals surface area contributed by atoms with Crippen molar-refractivity contribution in [3.8, 4) is 11.5 Å². The summed E-state index contributed by atoms with van der Waals surface area (Å²) in [4.78, 5) is 51.4. The molecule has 0 spiro atoms. The van der Waals surface area contributed by atoms with Crippen LogP contribution in [-0.2, 0) is 9.53 Å². The van der Waals surface area contributed by atoms with Crippen molar-refractivity contribution in [1.82, 2.24) is 10.2 Å². The van der Waals surface area contributed by atoms with Crippen LogP contribution >= 0.6 is 11.3 Å². The number of aryl methyl sites for hydroxylation is 2. The number of benzene rings is 3. The molecule has 1 aliphatic rings. The molecule has 4 aromatic rings. The molecule has 0 unspecified atom stereocenters. The number of aromatic nitrogens is 2. The Balaban J connectivity index is 1.17. The summed E-state index contributed by atoms with van der Waals surface area (Å²) in [5, 5.41) is 11.1. The van der Waals surface area contributed by atoms with E-state index in [0.29, 0.717) is 16.4 Å². The Labute approximate surface area is 227 Å². The van der Waals surface area contributed by atoms with Gasteiger partial charge in [-0.3, -0.25) is 14.4 Å². The third-order valence-electron chi connectivity index (χ3n) is 6.08. The van der Waals surface area contributed by atoms with Gasteiger partial charge in [-0.05, 0) is 80.4 Å². The molecule has 1 N–H and O–H groups in total. The number of nitrogens with zero attached hydrogens (tertiary/aromatic N) is 3. The predicted octanol–water partition coefficient (Wildman–Crippen LogP) is 4.85. The first-order valence-corrected chi connectivity index (χ1v) is 12.7. The topological polar surface area (TPSA) is 128 Å². The molecule has 0 atom stereocenters. The fraction of sp³-hybridized carbons (Fsp3) is 0.143. The second-order valence-electron chi connectivity index (χ2n) is 8.76. The van der Waals surface area contributed by atoms with E-state index in [1.807, 2.05) is 32.0 Å². The van der Waals surface area contributed by atoms with E-state index in [-0.39, 0.29) is 21.8 Å². The summed E-state index contributed by atoms with van der Waals surface area (Å²) < 4.78 is 11.0. The van der Waals surface area contributed by atoms with Gasteiger partial charge in [0.15, 0.2) is 6.61 Å². The molecule has 39 heavy (non-hydrogen) atoms. The quantitative estimate of drug-likeness (QED) is 0.259. The van der Waals surface area contributed by atoms with Gasteiger partial charge >= 0.3 is 5.97 Å². The van der Waals surface area contributed by atoms with Gasteiger partial charge in [-0.1, -0.05) is 23.5 Å². The third kappa shape index (κ3) is 5.25. The van der Waals surface area contributed by atoms with Crippen LogP contribution in [0, 0.1) is 20.8 Å². The lowest BCUT2D eigenvalue weighted by atomic mass is 10.1. The molecule has 0 fully saturated rings. The van der Waals surface area contributed by atoms with Crippen molar-refractivity contribution in [3.05, 3.63) is 93.5 Å². The minimum atomic E-state index is -0.810. The molecule has 3 aromatic carbocycles. The lowest BCUT2D eigenvalue weighted by Gasteiger charge is -2.11. The Kier molecular flexibility index (Phi) is 6.90. The van der Waals surface area contributed by atoms with Crippen molar-refractivity contribution in [2.24, 2.45) is 0 Å². The molecule has 1 aliphatic heterocycles. The van der Waals surface area contributed by atoms with Crippen LogP contribution in [0.4, 0.5) is 10.8 Å². The Morgan fingerprint density at radius 2 is 1.67 bits per heavy atom. The third-order valence-corrected chi connectivity index (χ3v) is 6.91. The number of ether oxygens (including phenoxy) is 2. The number of rotatable bonds is 7. The molecule has 10 nitrogen and oxygen atoms in total. The second kappa shape index (κ2) is 10.5. The van der Waals surface area contributed by atoms with Crippen LogP contribution in [0.15, 0.2) is 60.7 Å². The molecular formula is C28H22N4O6S. The Morgan fingerprint density at radius 3 is 2.38 bits per heavy atom. The minimum absolute atomic E-state index is 0.0333. The van der Waals surface area contributed by atoms with Crippen LogP contribution in [0.3, 0.4) is 0 Å². The molecule has 3 amide bonds. The predicted molar refractivity (Wildman–Crippen MR) is 144 cm³/mol. The first-order chi connectivity index (χ1) is 18.7. The van der Waals surface area contributed by atoms with Gasteiger partial charge in [-0.15, -0.1) is 10.2 Å². The number of hydrogen-bond donors (Lipinski definition) is 1. The molecule has 0 aliphatic carbocycles. The van der Waals surface area contributed by atoms with Crippen molar-refractivity contribution >= 4 is 45.8 Å². The van der Waals surface area contributed by atoms with Crippen molar-refractivity contribution in [2.45, 2.75) is 20.8 Å². The Hall–Kier alpha value is -4.90. The SMILES string of the molecule is Cc1nnc(N2C(=O)c3ccc(C(=O)OCC(=O)Nc4ccc(Oc5cccc(C)c5C)cc4)cc3C2=O)s1. The van der Waals surface area contributed by atoms with E-state index in [2.05, 4.69) is 15.5 Å². The van der Waals surface area contributed by atoms with Gasteiger partial charge in [-0.25, -0.2) is 9.69 Å². The highest BCUT2D eigenvalue weighted by atomic mass is 32.1. The van der Waals surface area contributed by atoms with Crippen LogP contribution in [0.2, 0.25) is 0 Å². The Bertz CT molecular complexity index is 1630. The highest BCUT2D eigenvalue weighted by Gasteiger charge is 2.39. The second-order valence-corrected chi connectivity index (χ2v) is 9.92. The lowest BCUT2D eigenvalue weighted by molar-refractivity contribution is -0.119. The molecule has 0 bridgehead atoms. The van der Waals surface area contributed by atoms with E-state index in [1.54, 1.807) is 31.2 Å². The van der Waals surface area contributed by atoms with E-state index in [9.17, 15) is 19.2 Å². The van der Waals surface area contributed by atoms with Crippen molar-refractivity contribution < 1.29 is 28.7 Å². The number of anilines is 2. The molecular weight excluding hydrogens is 520 g/mol. The highest BCUT2D eigenvalue weighted by molar-refractivity contribution is 7.15. The number of fused-ring (bicyclic) bond motifs is 1. The molecule has 11 heteroatoms. The number of carbonyl (C=O) groups is 4. The van der Waals surface area contributed by atoms with Crippen molar-refractivity contribution in [3.63, 3.8) is 0 Å². The maximum Gasteiger partial charge on any atom is 0.338 e. The van der Waals surface area contributed by atoms with Gasteiger partial charge in [0, 0.05) is 5.69 Å². The van der Waals surface area contributed by atoms with Crippen molar-refractivity contribution in [2.75, 3.05) is 16.8 Å². The van der Waals surface area contributed by atoms with Crippen LogP contribution < -0.4 is 15.0 Å². The number of imide groups is 1. The summed E-state index contributed by atoms with van der Waals surface area (Å²) >= 11 is 1.11. The molecule has 0 saturated heterocycles. The molecule has 2 heterocycles. The highest BCUT2D eigenvalue weighted by Crippen LogP contribution is 2.31. The smallest absolute Gasteiger partial charge is 0.338 e. The summed E-state index contributed by atoms with van der Waals surface area (Å²) in [5.74, 6) is -1.15. The number of carbonyl (C=O) groups excluding carboxylic acids is 4. The summed E-state index contributed by atoms with van der Waals surface area (Å²) in [6, 6.07) is 16.6. The minimum Gasteiger partial charge on any atom is -0.457 e. The van der Waals surface area contributed by atoms with Gasteiger partial charge in [0.1, 0.15) is 16.5 Å². The molecule has 1 aromatic heterocycles.